The molecule has 3 rings (SSSR count). The minimum Gasteiger partial charge on any atom is -0.381 e. The molecule has 0 radical (unpaired) electrons. The molecular formula is C15H21N3O. The van der Waals surface area contributed by atoms with Crippen molar-refractivity contribution in [1.82, 2.24) is 14.9 Å². The van der Waals surface area contributed by atoms with Crippen LogP contribution in [0.4, 0.5) is 0 Å². The predicted octanol–water partition coefficient (Wildman–Crippen LogP) is 2.09. The molecule has 0 saturated carbocycles. The van der Waals surface area contributed by atoms with Gasteiger partial charge in [-0.2, -0.15) is 0 Å². The average molecular weight is 259 g/mol. The highest BCUT2D eigenvalue weighted by molar-refractivity contribution is 5.75. The summed E-state index contributed by atoms with van der Waals surface area (Å²) in [4.78, 5) is 4.66. The van der Waals surface area contributed by atoms with Crippen molar-refractivity contribution in [3.63, 3.8) is 0 Å². The maximum Gasteiger partial charge on any atom is 0.123 e. The minimum atomic E-state index is 0.656. The highest BCUT2D eigenvalue weighted by Gasteiger charge is 2.14. The zero-order chi connectivity index (χ0) is 13.1. The molecule has 102 valence electrons. The topological polar surface area (TPSA) is 39.1 Å². The molecule has 1 aliphatic heterocycles. The van der Waals surface area contributed by atoms with E-state index in [1.807, 2.05) is 6.07 Å². The quantitative estimate of drug-likeness (QED) is 0.914. The Kier molecular flexibility index (Phi) is 3.80. The Morgan fingerprint density at radius 2 is 2.32 bits per heavy atom. The number of benzene rings is 1. The van der Waals surface area contributed by atoms with E-state index in [0.717, 1.165) is 37.6 Å². The van der Waals surface area contributed by atoms with Crippen LogP contribution in [0.15, 0.2) is 24.3 Å². The van der Waals surface area contributed by atoms with Gasteiger partial charge in [0, 0.05) is 20.2 Å². The molecule has 1 atom stereocenters. The first-order valence-electron chi connectivity index (χ1n) is 7.03. The molecule has 2 heterocycles. The van der Waals surface area contributed by atoms with Crippen molar-refractivity contribution >= 4 is 11.0 Å². The average Bonchev–Trinajstić information content (AvgIpc) is 2.78. The standard InChI is InChI=1S/C15H21N3O/c1-18-14-7-3-2-6-13(14)17-15(18)10-16-9-12-5-4-8-19-11-12/h2-3,6-7,12,16H,4-5,8-11H2,1H3. The number of rotatable bonds is 4. The van der Waals surface area contributed by atoms with Crippen LogP contribution in [0.3, 0.4) is 0 Å². The second-order valence-electron chi connectivity index (χ2n) is 5.29. The molecule has 1 aromatic carbocycles. The van der Waals surface area contributed by atoms with Gasteiger partial charge in [0.25, 0.3) is 0 Å². The van der Waals surface area contributed by atoms with Crippen LogP contribution < -0.4 is 5.32 Å². The lowest BCUT2D eigenvalue weighted by Gasteiger charge is -2.22. The van der Waals surface area contributed by atoms with Gasteiger partial charge in [0.1, 0.15) is 5.82 Å². The lowest BCUT2D eigenvalue weighted by Crippen LogP contribution is -2.29. The number of para-hydroxylation sites is 2. The molecule has 0 aliphatic carbocycles. The molecule has 0 amide bonds. The molecule has 4 heteroatoms. The molecule has 0 spiro atoms. The lowest BCUT2D eigenvalue weighted by atomic mass is 10.0. The molecule has 1 aliphatic rings. The maximum atomic E-state index is 5.50. The number of imidazole rings is 1. The van der Waals surface area contributed by atoms with E-state index < -0.39 is 0 Å². The summed E-state index contributed by atoms with van der Waals surface area (Å²) in [6.45, 7) is 3.67. The van der Waals surface area contributed by atoms with E-state index in [2.05, 4.69) is 40.1 Å². The Balaban J connectivity index is 1.60. The largest absolute Gasteiger partial charge is 0.381 e. The van der Waals surface area contributed by atoms with Crippen LogP contribution in [0.1, 0.15) is 18.7 Å². The third kappa shape index (κ3) is 2.80. The van der Waals surface area contributed by atoms with Gasteiger partial charge >= 0.3 is 0 Å². The van der Waals surface area contributed by atoms with E-state index in [1.54, 1.807) is 0 Å². The fourth-order valence-corrected chi connectivity index (χ4v) is 2.71. The van der Waals surface area contributed by atoms with E-state index in [-0.39, 0.29) is 0 Å². The van der Waals surface area contributed by atoms with Crippen molar-refractivity contribution in [2.75, 3.05) is 19.8 Å². The maximum absolute atomic E-state index is 5.50. The highest BCUT2D eigenvalue weighted by atomic mass is 16.5. The first-order valence-corrected chi connectivity index (χ1v) is 7.03. The molecule has 1 fully saturated rings. The molecular weight excluding hydrogens is 238 g/mol. The second-order valence-corrected chi connectivity index (χ2v) is 5.29. The van der Waals surface area contributed by atoms with Gasteiger partial charge in [-0.15, -0.1) is 0 Å². The normalized spacial score (nSPS) is 19.9. The number of aromatic nitrogens is 2. The second kappa shape index (κ2) is 5.72. The molecule has 0 bridgehead atoms. The number of nitrogens with one attached hydrogen (secondary N) is 1. The van der Waals surface area contributed by atoms with Crippen LogP contribution in [0.2, 0.25) is 0 Å². The smallest absolute Gasteiger partial charge is 0.123 e. The van der Waals surface area contributed by atoms with Crippen LogP contribution in [0.5, 0.6) is 0 Å². The van der Waals surface area contributed by atoms with E-state index in [1.165, 1.54) is 18.4 Å². The SMILES string of the molecule is Cn1c(CNCC2CCCOC2)nc2ccccc21. The van der Waals surface area contributed by atoms with Crippen molar-refractivity contribution < 1.29 is 4.74 Å². The van der Waals surface area contributed by atoms with Gasteiger partial charge in [-0.05, 0) is 30.9 Å². The zero-order valence-electron chi connectivity index (χ0n) is 11.4. The van der Waals surface area contributed by atoms with Crippen molar-refractivity contribution in [3.05, 3.63) is 30.1 Å². The Morgan fingerprint density at radius 1 is 1.42 bits per heavy atom. The summed E-state index contributed by atoms with van der Waals surface area (Å²) in [6, 6.07) is 8.26. The van der Waals surface area contributed by atoms with Crippen molar-refractivity contribution in [3.8, 4) is 0 Å². The van der Waals surface area contributed by atoms with Crippen molar-refractivity contribution in [1.29, 1.82) is 0 Å². The molecule has 19 heavy (non-hydrogen) atoms. The van der Waals surface area contributed by atoms with Gasteiger partial charge in [-0.3, -0.25) is 0 Å². The van der Waals surface area contributed by atoms with Crippen LogP contribution in [-0.2, 0) is 18.3 Å². The van der Waals surface area contributed by atoms with Crippen LogP contribution in [-0.4, -0.2) is 29.3 Å². The summed E-state index contributed by atoms with van der Waals surface area (Å²) in [6.07, 6.45) is 2.47. The summed E-state index contributed by atoms with van der Waals surface area (Å²) >= 11 is 0. The number of aryl methyl sites for hydroxylation is 1. The molecule has 4 nitrogen and oxygen atoms in total. The van der Waals surface area contributed by atoms with E-state index in [0.29, 0.717) is 5.92 Å². The fourth-order valence-electron chi connectivity index (χ4n) is 2.71. The van der Waals surface area contributed by atoms with Crippen LogP contribution >= 0.6 is 0 Å². The van der Waals surface area contributed by atoms with Crippen molar-refractivity contribution in [2.45, 2.75) is 19.4 Å². The third-order valence-corrected chi connectivity index (χ3v) is 3.85. The molecule has 1 unspecified atom stereocenters. The monoisotopic (exact) mass is 259 g/mol. The summed E-state index contributed by atoms with van der Waals surface area (Å²) in [5, 5.41) is 3.51. The van der Waals surface area contributed by atoms with E-state index in [9.17, 15) is 0 Å². The van der Waals surface area contributed by atoms with Gasteiger partial charge in [0.05, 0.1) is 24.2 Å². The first-order chi connectivity index (χ1) is 9.34. The van der Waals surface area contributed by atoms with Crippen molar-refractivity contribution in [2.24, 2.45) is 13.0 Å². The van der Waals surface area contributed by atoms with Crippen LogP contribution in [0, 0.1) is 5.92 Å². The summed E-state index contributed by atoms with van der Waals surface area (Å²) < 4.78 is 7.66. The summed E-state index contributed by atoms with van der Waals surface area (Å²) in [5.41, 5.74) is 2.27. The number of nitrogens with zero attached hydrogens (tertiary/aromatic N) is 2. The van der Waals surface area contributed by atoms with Gasteiger partial charge in [-0.25, -0.2) is 4.98 Å². The number of fused-ring (bicyclic) bond motifs is 1. The zero-order valence-corrected chi connectivity index (χ0v) is 11.4. The Hall–Kier alpha value is -1.39. The summed E-state index contributed by atoms with van der Waals surface area (Å²) in [5.74, 6) is 1.75. The van der Waals surface area contributed by atoms with Gasteiger partial charge in [0.2, 0.25) is 0 Å². The van der Waals surface area contributed by atoms with Gasteiger partial charge < -0.3 is 14.6 Å². The molecule has 1 aromatic heterocycles. The molecule has 1 saturated heterocycles. The fraction of sp³-hybridized carbons (Fsp3) is 0.533. The Morgan fingerprint density at radius 3 is 3.11 bits per heavy atom. The number of ether oxygens (including phenoxy) is 1. The minimum absolute atomic E-state index is 0.656. The first kappa shape index (κ1) is 12.6. The van der Waals surface area contributed by atoms with Gasteiger partial charge in [-0.1, -0.05) is 12.1 Å². The van der Waals surface area contributed by atoms with Crippen LogP contribution in [0.25, 0.3) is 11.0 Å². The number of hydrogen-bond acceptors (Lipinski definition) is 3. The highest BCUT2D eigenvalue weighted by Crippen LogP contribution is 2.15. The Bertz CT molecular complexity index is 543. The Labute approximate surface area is 113 Å². The molecule has 1 N–H and O–H groups in total. The van der Waals surface area contributed by atoms with Gasteiger partial charge in [0.15, 0.2) is 0 Å². The number of hydrogen-bond donors (Lipinski definition) is 1. The lowest BCUT2D eigenvalue weighted by molar-refractivity contribution is 0.0547. The predicted molar refractivity (Wildman–Crippen MR) is 76.0 cm³/mol. The van der Waals surface area contributed by atoms with E-state index >= 15 is 0 Å². The van der Waals surface area contributed by atoms with E-state index in [4.69, 9.17) is 4.74 Å². The summed E-state index contributed by atoms with van der Waals surface area (Å²) in [7, 11) is 2.08. The molecule has 2 aromatic rings. The third-order valence-electron chi connectivity index (χ3n) is 3.85.